The molecule has 0 unspecified atom stereocenters. The van der Waals surface area contributed by atoms with Gasteiger partial charge in [-0.1, -0.05) is 12.1 Å². The Morgan fingerprint density at radius 2 is 2.07 bits per heavy atom. The van der Waals surface area contributed by atoms with Crippen molar-refractivity contribution in [3.8, 4) is 5.75 Å². The van der Waals surface area contributed by atoms with Gasteiger partial charge in [0.25, 0.3) is 0 Å². The maximum absolute atomic E-state index is 10.9. The number of esters is 1. The zero-order valence-corrected chi connectivity index (χ0v) is 8.97. The van der Waals surface area contributed by atoms with E-state index in [1.807, 2.05) is 24.3 Å². The molecule has 0 N–H and O–H groups in total. The number of benzene rings is 1. The summed E-state index contributed by atoms with van der Waals surface area (Å²) < 4.78 is 9.68. The van der Waals surface area contributed by atoms with E-state index in [1.54, 1.807) is 7.11 Å². The molecule has 3 nitrogen and oxygen atoms in total. The van der Waals surface area contributed by atoms with Crippen LogP contribution >= 0.6 is 11.8 Å². The van der Waals surface area contributed by atoms with E-state index < -0.39 is 0 Å². The van der Waals surface area contributed by atoms with Crippen LogP contribution in [0.25, 0.3) is 0 Å². The van der Waals surface area contributed by atoms with Crippen LogP contribution < -0.4 is 4.74 Å². The minimum Gasteiger partial charge on any atom is -0.496 e. The first-order valence-electron chi connectivity index (χ1n) is 4.10. The van der Waals surface area contributed by atoms with Crippen molar-refractivity contribution < 1.29 is 14.3 Å². The highest BCUT2D eigenvalue weighted by Crippen LogP contribution is 2.28. The van der Waals surface area contributed by atoms with Crippen LogP contribution in [0.15, 0.2) is 29.2 Å². The predicted molar refractivity (Wildman–Crippen MR) is 55.7 cm³/mol. The first kappa shape index (κ1) is 10.9. The Bertz CT molecular complexity index is 312. The number of carbonyl (C=O) groups excluding carboxylic acids is 1. The van der Waals surface area contributed by atoms with Gasteiger partial charge in [0.15, 0.2) is 0 Å². The van der Waals surface area contributed by atoms with Gasteiger partial charge >= 0.3 is 5.97 Å². The fourth-order valence-electron chi connectivity index (χ4n) is 0.934. The second-order valence-electron chi connectivity index (χ2n) is 2.52. The molecule has 1 aromatic carbocycles. The summed E-state index contributed by atoms with van der Waals surface area (Å²) in [6, 6.07) is 7.56. The van der Waals surface area contributed by atoms with Gasteiger partial charge in [-0.25, -0.2) is 0 Å². The van der Waals surface area contributed by atoms with Crippen molar-refractivity contribution in [2.24, 2.45) is 0 Å². The Hall–Kier alpha value is -1.16. The van der Waals surface area contributed by atoms with Gasteiger partial charge in [-0.05, 0) is 12.1 Å². The lowest BCUT2D eigenvalue weighted by atomic mass is 10.3. The van der Waals surface area contributed by atoms with Gasteiger partial charge < -0.3 is 9.47 Å². The van der Waals surface area contributed by atoms with Crippen LogP contribution in [0.2, 0.25) is 0 Å². The molecule has 0 fully saturated rings. The minimum atomic E-state index is -0.235. The average molecular weight is 212 g/mol. The van der Waals surface area contributed by atoms with Gasteiger partial charge in [-0.2, -0.15) is 0 Å². The van der Waals surface area contributed by atoms with E-state index in [2.05, 4.69) is 4.74 Å². The van der Waals surface area contributed by atoms with E-state index in [4.69, 9.17) is 4.74 Å². The lowest BCUT2D eigenvalue weighted by molar-refractivity contribution is -0.137. The highest BCUT2D eigenvalue weighted by atomic mass is 32.2. The molecule has 4 heteroatoms. The number of para-hydroxylation sites is 1. The maximum Gasteiger partial charge on any atom is 0.315 e. The molecule has 0 radical (unpaired) electrons. The normalized spacial score (nSPS) is 9.57. The molecule has 0 saturated heterocycles. The van der Waals surface area contributed by atoms with E-state index in [9.17, 15) is 4.79 Å². The fraction of sp³-hybridized carbons (Fsp3) is 0.300. The van der Waals surface area contributed by atoms with Crippen LogP contribution in [0.1, 0.15) is 0 Å². The molecule has 0 aliphatic heterocycles. The topological polar surface area (TPSA) is 35.5 Å². The van der Waals surface area contributed by atoms with Crippen molar-refractivity contribution in [1.29, 1.82) is 0 Å². The summed E-state index contributed by atoms with van der Waals surface area (Å²) in [6.45, 7) is 0. The standard InChI is InChI=1S/C10H12O3S/c1-12-8-5-3-4-6-9(8)14-7-10(11)13-2/h3-6H,7H2,1-2H3. The molecule has 0 spiro atoms. The molecule has 0 aromatic heterocycles. The Morgan fingerprint density at radius 1 is 1.36 bits per heavy atom. The average Bonchev–Trinajstić information content (AvgIpc) is 2.26. The van der Waals surface area contributed by atoms with Gasteiger partial charge in [-0.3, -0.25) is 4.79 Å². The molecule has 0 aliphatic carbocycles. The fourth-order valence-corrected chi connectivity index (χ4v) is 1.79. The second-order valence-corrected chi connectivity index (χ2v) is 3.53. The Kier molecular flexibility index (Phi) is 4.32. The van der Waals surface area contributed by atoms with Crippen molar-refractivity contribution in [3.63, 3.8) is 0 Å². The van der Waals surface area contributed by atoms with E-state index in [0.717, 1.165) is 10.6 Å². The molecule has 1 rings (SSSR count). The van der Waals surface area contributed by atoms with Crippen molar-refractivity contribution in [3.05, 3.63) is 24.3 Å². The molecule has 1 aromatic rings. The number of hydrogen-bond donors (Lipinski definition) is 0. The van der Waals surface area contributed by atoms with Crippen LogP contribution in [0, 0.1) is 0 Å². The van der Waals surface area contributed by atoms with Gasteiger partial charge in [-0.15, -0.1) is 11.8 Å². The molecule has 0 saturated carbocycles. The monoisotopic (exact) mass is 212 g/mol. The summed E-state index contributed by atoms with van der Waals surface area (Å²) in [5.74, 6) is 0.846. The van der Waals surface area contributed by atoms with Crippen LogP contribution in [-0.2, 0) is 9.53 Å². The van der Waals surface area contributed by atoms with Gasteiger partial charge in [0, 0.05) is 4.90 Å². The Labute approximate surface area is 87.4 Å². The second kappa shape index (κ2) is 5.54. The summed E-state index contributed by atoms with van der Waals surface area (Å²) in [5, 5.41) is 0. The molecule has 0 atom stereocenters. The number of thioether (sulfide) groups is 1. The predicted octanol–water partition coefficient (Wildman–Crippen LogP) is 1.96. The lowest BCUT2D eigenvalue weighted by Gasteiger charge is -2.06. The molecule has 0 bridgehead atoms. The number of hydrogen-bond acceptors (Lipinski definition) is 4. The quantitative estimate of drug-likeness (QED) is 0.564. The molecule has 14 heavy (non-hydrogen) atoms. The van der Waals surface area contributed by atoms with Crippen molar-refractivity contribution in [2.75, 3.05) is 20.0 Å². The molecule has 0 aliphatic rings. The largest absolute Gasteiger partial charge is 0.496 e. The minimum absolute atomic E-state index is 0.235. The third-order valence-electron chi connectivity index (χ3n) is 1.64. The summed E-state index contributed by atoms with van der Waals surface area (Å²) in [5.41, 5.74) is 0. The van der Waals surface area contributed by atoms with Gasteiger partial charge in [0.2, 0.25) is 0 Å². The lowest BCUT2D eigenvalue weighted by Crippen LogP contribution is -2.03. The van der Waals surface area contributed by atoms with Crippen molar-refractivity contribution in [2.45, 2.75) is 4.90 Å². The van der Waals surface area contributed by atoms with Gasteiger partial charge in [0.05, 0.1) is 20.0 Å². The zero-order valence-electron chi connectivity index (χ0n) is 8.15. The summed E-state index contributed by atoms with van der Waals surface area (Å²) in [6.07, 6.45) is 0. The first-order valence-corrected chi connectivity index (χ1v) is 5.09. The Morgan fingerprint density at radius 3 is 2.71 bits per heavy atom. The summed E-state index contributed by atoms with van der Waals surface area (Å²) >= 11 is 1.40. The van der Waals surface area contributed by atoms with Crippen LogP contribution in [0.3, 0.4) is 0 Å². The molecule has 0 heterocycles. The van der Waals surface area contributed by atoms with Crippen molar-refractivity contribution >= 4 is 17.7 Å². The van der Waals surface area contributed by atoms with Crippen LogP contribution in [0.5, 0.6) is 5.75 Å². The SMILES string of the molecule is COC(=O)CSc1ccccc1OC. The Balaban J connectivity index is 2.61. The number of methoxy groups -OCH3 is 2. The van der Waals surface area contributed by atoms with E-state index >= 15 is 0 Å². The van der Waals surface area contributed by atoms with E-state index in [1.165, 1.54) is 18.9 Å². The third kappa shape index (κ3) is 2.96. The third-order valence-corrected chi connectivity index (χ3v) is 2.67. The highest BCUT2D eigenvalue weighted by Gasteiger charge is 2.05. The maximum atomic E-state index is 10.9. The number of ether oxygens (including phenoxy) is 2. The zero-order chi connectivity index (χ0) is 10.4. The first-order chi connectivity index (χ1) is 6.77. The summed E-state index contributed by atoms with van der Waals surface area (Å²) in [4.78, 5) is 11.8. The van der Waals surface area contributed by atoms with E-state index in [0.29, 0.717) is 5.75 Å². The van der Waals surface area contributed by atoms with Crippen LogP contribution in [0.4, 0.5) is 0 Å². The molecule has 76 valence electrons. The van der Waals surface area contributed by atoms with Gasteiger partial charge in [0.1, 0.15) is 5.75 Å². The molecular formula is C10H12O3S. The van der Waals surface area contributed by atoms with Crippen molar-refractivity contribution in [1.82, 2.24) is 0 Å². The number of carbonyl (C=O) groups is 1. The summed E-state index contributed by atoms with van der Waals surface area (Å²) in [7, 11) is 2.99. The highest BCUT2D eigenvalue weighted by molar-refractivity contribution is 8.00. The van der Waals surface area contributed by atoms with E-state index in [-0.39, 0.29) is 5.97 Å². The van der Waals surface area contributed by atoms with Crippen LogP contribution in [-0.4, -0.2) is 25.9 Å². The molecule has 0 amide bonds. The molecular weight excluding hydrogens is 200 g/mol. The smallest absolute Gasteiger partial charge is 0.315 e. The number of rotatable bonds is 4.